The number of nitrogens with zero attached hydrogens (tertiary/aromatic N) is 2. The minimum absolute atomic E-state index is 0.0442. The lowest BCUT2D eigenvalue weighted by molar-refractivity contribution is -0.133. The third-order valence-corrected chi connectivity index (χ3v) is 3.00. The number of pyridine rings is 1. The summed E-state index contributed by atoms with van der Waals surface area (Å²) in [6.45, 7) is 5.37. The van der Waals surface area contributed by atoms with Crippen molar-refractivity contribution in [3.05, 3.63) is 30.1 Å². The molecule has 0 aliphatic carbocycles. The molecule has 0 aliphatic heterocycles. The number of aromatic nitrogens is 1. The molecule has 1 rings (SSSR count). The van der Waals surface area contributed by atoms with Crippen LogP contribution in [-0.4, -0.2) is 28.4 Å². The summed E-state index contributed by atoms with van der Waals surface area (Å²) in [4.78, 5) is 17.9. The van der Waals surface area contributed by atoms with Crippen LogP contribution in [0.25, 0.3) is 0 Å². The largest absolute Gasteiger partial charge is 0.337 e. The number of carbonyl (C=O) groups excluding carboxylic acids is 1. The van der Waals surface area contributed by atoms with E-state index in [0.717, 1.165) is 24.8 Å². The van der Waals surface area contributed by atoms with E-state index in [9.17, 15) is 4.79 Å². The number of amides is 1. The van der Waals surface area contributed by atoms with Gasteiger partial charge in [-0.25, -0.2) is 0 Å². The summed E-state index contributed by atoms with van der Waals surface area (Å²) < 4.78 is 0. The summed E-state index contributed by atoms with van der Waals surface area (Å²) in [6, 6.07) is 3.48. The second-order valence-electron chi connectivity index (χ2n) is 4.46. The predicted octanol–water partition coefficient (Wildman–Crippen LogP) is 1.95. The molecule has 18 heavy (non-hydrogen) atoms. The molecule has 0 aliphatic rings. The lowest BCUT2D eigenvalue weighted by Gasteiger charge is -2.24. The van der Waals surface area contributed by atoms with E-state index in [2.05, 4.69) is 11.9 Å². The standard InChI is InChI=1S/C14H23N3O/c1-3-5-6-13(15)14(18)17(4-2)11-12-7-9-16-10-8-12/h7-10,13H,3-6,11,15H2,1-2H3. The summed E-state index contributed by atoms with van der Waals surface area (Å²) >= 11 is 0. The lowest BCUT2D eigenvalue weighted by atomic mass is 10.1. The molecule has 1 amide bonds. The quantitative estimate of drug-likeness (QED) is 0.803. The monoisotopic (exact) mass is 249 g/mol. The van der Waals surface area contributed by atoms with Crippen molar-refractivity contribution in [3.8, 4) is 0 Å². The molecule has 1 atom stereocenters. The molecule has 0 radical (unpaired) electrons. The molecular weight excluding hydrogens is 226 g/mol. The van der Waals surface area contributed by atoms with E-state index < -0.39 is 0 Å². The Labute approximate surface area is 109 Å². The number of rotatable bonds is 7. The first kappa shape index (κ1) is 14.6. The normalized spacial score (nSPS) is 12.2. The summed E-state index contributed by atoms with van der Waals surface area (Å²) in [6.07, 6.45) is 6.31. The van der Waals surface area contributed by atoms with Crippen LogP contribution >= 0.6 is 0 Å². The lowest BCUT2D eigenvalue weighted by Crippen LogP contribution is -2.43. The smallest absolute Gasteiger partial charge is 0.239 e. The zero-order chi connectivity index (χ0) is 13.4. The molecule has 2 N–H and O–H groups in total. The van der Waals surface area contributed by atoms with Crippen molar-refractivity contribution < 1.29 is 4.79 Å². The molecule has 1 aromatic heterocycles. The molecule has 4 nitrogen and oxygen atoms in total. The highest BCUT2D eigenvalue weighted by atomic mass is 16.2. The van der Waals surface area contributed by atoms with Gasteiger partial charge in [-0.05, 0) is 31.0 Å². The Bertz CT molecular complexity index is 353. The van der Waals surface area contributed by atoms with Gasteiger partial charge < -0.3 is 10.6 Å². The zero-order valence-electron chi connectivity index (χ0n) is 11.3. The van der Waals surface area contributed by atoms with Crippen molar-refractivity contribution in [3.63, 3.8) is 0 Å². The molecule has 0 saturated heterocycles. The van der Waals surface area contributed by atoms with Crippen LogP contribution in [-0.2, 0) is 11.3 Å². The van der Waals surface area contributed by atoms with Gasteiger partial charge in [0.15, 0.2) is 0 Å². The van der Waals surface area contributed by atoms with Gasteiger partial charge in [0.25, 0.3) is 0 Å². The topological polar surface area (TPSA) is 59.2 Å². The van der Waals surface area contributed by atoms with E-state index in [0.29, 0.717) is 13.1 Å². The Morgan fingerprint density at radius 2 is 2.06 bits per heavy atom. The number of hydrogen-bond acceptors (Lipinski definition) is 3. The molecule has 0 saturated carbocycles. The molecule has 1 aromatic rings. The average Bonchev–Trinajstić information content (AvgIpc) is 2.42. The van der Waals surface area contributed by atoms with Crippen LogP contribution in [0.5, 0.6) is 0 Å². The van der Waals surface area contributed by atoms with E-state index in [4.69, 9.17) is 5.73 Å². The van der Waals surface area contributed by atoms with Crippen LogP contribution in [0.2, 0.25) is 0 Å². The van der Waals surface area contributed by atoms with E-state index in [1.807, 2.05) is 19.1 Å². The fourth-order valence-corrected chi connectivity index (χ4v) is 1.84. The number of hydrogen-bond donors (Lipinski definition) is 1. The molecule has 1 unspecified atom stereocenters. The van der Waals surface area contributed by atoms with Gasteiger partial charge in [0.2, 0.25) is 5.91 Å². The molecule has 0 bridgehead atoms. The van der Waals surface area contributed by atoms with Crippen LogP contribution in [0.3, 0.4) is 0 Å². The number of carbonyl (C=O) groups is 1. The molecule has 4 heteroatoms. The van der Waals surface area contributed by atoms with Gasteiger partial charge in [-0.2, -0.15) is 0 Å². The first-order valence-corrected chi connectivity index (χ1v) is 6.62. The van der Waals surface area contributed by atoms with Gasteiger partial charge in [0, 0.05) is 25.5 Å². The summed E-state index contributed by atoms with van der Waals surface area (Å²) in [7, 11) is 0. The molecule has 0 fully saturated rings. The van der Waals surface area contributed by atoms with Gasteiger partial charge in [-0.3, -0.25) is 9.78 Å². The highest BCUT2D eigenvalue weighted by Crippen LogP contribution is 2.07. The maximum Gasteiger partial charge on any atom is 0.239 e. The number of likely N-dealkylation sites (N-methyl/N-ethyl adjacent to an activating group) is 1. The fraction of sp³-hybridized carbons (Fsp3) is 0.571. The van der Waals surface area contributed by atoms with E-state index >= 15 is 0 Å². The Kier molecular flexibility index (Phi) is 6.36. The SMILES string of the molecule is CCCCC(N)C(=O)N(CC)Cc1ccncc1. The molecule has 0 aromatic carbocycles. The molecule has 100 valence electrons. The molecule has 0 spiro atoms. The van der Waals surface area contributed by atoms with Gasteiger partial charge >= 0.3 is 0 Å². The minimum Gasteiger partial charge on any atom is -0.337 e. The zero-order valence-corrected chi connectivity index (χ0v) is 11.3. The second kappa shape index (κ2) is 7.82. The third-order valence-electron chi connectivity index (χ3n) is 3.00. The number of nitrogens with two attached hydrogens (primary N) is 1. The molecular formula is C14H23N3O. The summed E-state index contributed by atoms with van der Waals surface area (Å²) in [5, 5.41) is 0. The third kappa shape index (κ3) is 4.45. The Balaban J connectivity index is 2.57. The van der Waals surface area contributed by atoms with Gasteiger partial charge in [-0.15, -0.1) is 0 Å². The van der Waals surface area contributed by atoms with Gasteiger partial charge in [0.05, 0.1) is 6.04 Å². The molecule has 1 heterocycles. The number of unbranched alkanes of at least 4 members (excludes halogenated alkanes) is 1. The maximum atomic E-state index is 12.2. The van der Waals surface area contributed by atoms with Crippen molar-refractivity contribution in [1.29, 1.82) is 0 Å². The van der Waals surface area contributed by atoms with E-state index in [1.165, 1.54) is 0 Å². The highest BCUT2D eigenvalue weighted by molar-refractivity contribution is 5.81. The van der Waals surface area contributed by atoms with Crippen molar-refractivity contribution in [2.75, 3.05) is 6.54 Å². The average molecular weight is 249 g/mol. The van der Waals surface area contributed by atoms with Crippen molar-refractivity contribution in [2.45, 2.75) is 45.7 Å². The van der Waals surface area contributed by atoms with E-state index in [1.54, 1.807) is 17.3 Å². The predicted molar refractivity (Wildman–Crippen MR) is 72.8 cm³/mol. The highest BCUT2D eigenvalue weighted by Gasteiger charge is 2.19. The van der Waals surface area contributed by atoms with Crippen LogP contribution in [0.15, 0.2) is 24.5 Å². The van der Waals surface area contributed by atoms with Crippen molar-refractivity contribution >= 4 is 5.91 Å². The second-order valence-corrected chi connectivity index (χ2v) is 4.46. The van der Waals surface area contributed by atoms with Crippen LogP contribution in [0, 0.1) is 0 Å². The Morgan fingerprint density at radius 3 is 2.61 bits per heavy atom. The van der Waals surface area contributed by atoms with Crippen LogP contribution in [0.1, 0.15) is 38.7 Å². The van der Waals surface area contributed by atoms with Crippen molar-refractivity contribution in [2.24, 2.45) is 5.73 Å². The fourth-order valence-electron chi connectivity index (χ4n) is 1.84. The maximum absolute atomic E-state index is 12.2. The summed E-state index contributed by atoms with van der Waals surface area (Å²) in [5.74, 6) is 0.0442. The van der Waals surface area contributed by atoms with Gasteiger partial charge in [0.1, 0.15) is 0 Å². The first-order valence-electron chi connectivity index (χ1n) is 6.62. The Hall–Kier alpha value is -1.42. The van der Waals surface area contributed by atoms with Crippen LogP contribution < -0.4 is 5.73 Å². The van der Waals surface area contributed by atoms with E-state index in [-0.39, 0.29) is 11.9 Å². The minimum atomic E-state index is -0.369. The van der Waals surface area contributed by atoms with Gasteiger partial charge in [-0.1, -0.05) is 19.8 Å². The van der Waals surface area contributed by atoms with Crippen molar-refractivity contribution in [1.82, 2.24) is 9.88 Å². The Morgan fingerprint density at radius 1 is 1.39 bits per heavy atom. The first-order chi connectivity index (χ1) is 8.69. The van der Waals surface area contributed by atoms with Crippen LogP contribution in [0.4, 0.5) is 0 Å². The summed E-state index contributed by atoms with van der Waals surface area (Å²) in [5.41, 5.74) is 7.02.